The number of nitrogens with zero attached hydrogens (tertiary/aromatic N) is 1. The molecule has 106 valence electrons. The van der Waals surface area contributed by atoms with E-state index in [1.165, 1.54) is 0 Å². The van der Waals surface area contributed by atoms with E-state index in [4.69, 9.17) is 0 Å². The second kappa shape index (κ2) is 5.63. The van der Waals surface area contributed by atoms with E-state index in [9.17, 15) is 4.79 Å². The van der Waals surface area contributed by atoms with Crippen LogP contribution in [0.15, 0.2) is 18.2 Å². The SMILES string of the molecule is Cc1cccc2[nH]c(CCC(=O)NCC3CNC3)nc12. The Morgan fingerprint density at radius 2 is 2.30 bits per heavy atom. The van der Waals surface area contributed by atoms with Gasteiger partial charge in [0.05, 0.1) is 11.0 Å². The summed E-state index contributed by atoms with van der Waals surface area (Å²) in [4.78, 5) is 19.6. The number of para-hydroxylation sites is 1. The summed E-state index contributed by atoms with van der Waals surface area (Å²) in [6.07, 6.45) is 1.14. The van der Waals surface area contributed by atoms with Crippen LogP contribution >= 0.6 is 0 Å². The summed E-state index contributed by atoms with van der Waals surface area (Å²) in [5.74, 6) is 1.59. The highest BCUT2D eigenvalue weighted by Crippen LogP contribution is 2.16. The highest BCUT2D eigenvalue weighted by Gasteiger charge is 2.17. The van der Waals surface area contributed by atoms with Crippen LogP contribution < -0.4 is 10.6 Å². The Kier molecular flexibility index (Phi) is 3.69. The van der Waals surface area contributed by atoms with Crippen molar-refractivity contribution in [3.63, 3.8) is 0 Å². The molecule has 20 heavy (non-hydrogen) atoms. The highest BCUT2D eigenvalue weighted by atomic mass is 16.1. The van der Waals surface area contributed by atoms with Crippen molar-refractivity contribution in [3.8, 4) is 0 Å². The van der Waals surface area contributed by atoms with Crippen molar-refractivity contribution < 1.29 is 4.79 Å². The topological polar surface area (TPSA) is 69.8 Å². The van der Waals surface area contributed by atoms with Gasteiger partial charge in [-0.2, -0.15) is 0 Å². The third-order valence-corrected chi connectivity index (χ3v) is 3.81. The molecule has 3 rings (SSSR count). The molecule has 1 aromatic carbocycles. The largest absolute Gasteiger partial charge is 0.356 e. The summed E-state index contributed by atoms with van der Waals surface area (Å²) in [5.41, 5.74) is 3.20. The molecule has 1 amide bonds. The number of imidazole rings is 1. The van der Waals surface area contributed by atoms with E-state index in [1.807, 2.05) is 25.1 Å². The molecule has 0 radical (unpaired) electrons. The number of fused-ring (bicyclic) bond motifs is 1. The summed E-state index contributed by atoms with van der Waals surface area (Å²) in [6, 6.07) is 6.08. The summed E-state index contributed by atoms with van der Waals surface area (Å²) < 4.78 is 0. The van der Waals surface area contributed by atoms with Crippen molar-refractivity contribution in [2.75, 3.05) is 19.6 Å². The van der Waals surface area contributed by atoms with Gasteiger partial charge in [0.25, 0.3) is 0 Å². The van der Waals surface area contributed by atoms with E-state index < -0.39 is 0 Å². The van der Waals surface area contributed by atoms with E-state index >= 15 is 0 Å². The van der Waals surface area contributed by atoms with Crippen LogP contribution in [0, 0.1) is 12.8 Å². The van der Waals surface area contributed by atoms with Gasteiger partial charge >= 0.3 is 0 Å². The normalized spacial score (nSPS) is 15.2. The van der Waals surface area contributed by atoms with Crippen molar-refractivity contribution in [2.24, 2.45) is 5.92 Å². The van der Waals surface area contributed by atoms with Crippen molar-refractivity contribution in [3.05, 3.63) is 29.6 Å². The van der Waals surface area contributed by atoms with Gasteiger partial charge in [0.1, 0.15) is 5.82 Å². The lowest BCUT2D eigenvalue weighted by Gasteiger charge is -2.27. The van der Waals surface area contributed by atoms with Gasteiger partial charge in [0.2, 0.25) is 5.91 Å². The minimum atomic E-state index is 0.106. The zero-order valence-corrected chi connectivity index (χ0v) is 11.7. The Hall–Kier alpha value is -1.88. The van der Waals surface area contributed by atoms with Gasteiger partial charge in [-0.05, 0) is 18.6 Å². The zero-order chi connectivity index (χ0) is 13.9. The standard InChI is InChI=1S/C15H20N4O/c1-10-3-2-4-12-15(10)19-13(18-12)5-6-14(20)17-9-11-7-16-8-11/h2-4,11,16H,5-9H2,1H3,(H,17,20)(H,18,19). The van der Waals surface area contributed by atoms with Gasteiger partial charge in [-0.3, -0.25) is 4.79 Å². The third-order valence-electron chi connectivity index (χ3n) is 3.81. The number of benzene rings is 1. The molecule has 2 aromatic rings. The van der Waals surface area contributed by atoms with Gasteiger partial charge in [0.15, 0.2) is 0 Å². The van der Waals surface area contributed by atoms with Crippen LogP contribution in [-0.4, -0.2) is 35.5 Å². The smallest absolute Gasteiger partial charge is 0.220 e. The molecule has 0 bridgehead atoms. The molecule has 0 atom stereocenters. The number of rotatable bonds is 5. The second-order valence-corrected chi connectivity index (χ2v) is 5.48. The molecule has 1 aromatic heterocycles. The summed E-state index contributed by atoms with van der Waals surface area (Å²) >= 11 is 0. The number of carbonyl (C=O) groups excluding carboxylic acids is 1. The molecular formula is C15H20N4O. The Morgan fingerprint density at radius 3 is 3.00 bits per heavy atom. The minimum Gasteiger partial charge on any atom is -0.356 e. The first-order valence-electron chi connectivity index (χ1n) is 7.14. The Bertz CT molecular complexity index is 615. The summed E-state index contributed by atoms with van der Waals surface area (Å²) in [6.45, 7) is 4.86. The number of nitrogens with one attached hydrogen (secondary N) is 3. The van der Waals surface area contributed by atoms with Gasteiger partial charge in [0, 0.05) is 38.4 Å². The van der Waals surface area contributed by atoms with E-state index in [0.717, 1.165) is 42.1 Å². The maximum atomic E-state index is 11.8. The monoisotopic (exact) mass is 272 g/mol. The molecular weight excluding hydrogens is 252 g/mol. The number of carbonyl (C=O) groups is 1. The maximum absolute atomic E-state index is 11.8. The fourth-order valence-electron chi connectivity index (χ4n) is 2.42. The molecule has 0 spiro atoms. The lowest BCUT2D eigenvalue weighted by atomic mass is 10.0. The van der Waals surface area contributed by atoms with Crippen LogP contribution in [0.2, 0.25) is 0 Å². The minimum absolute atomic E-state index is 0.106. The van der Waals surface area contributed by atoms with E-state index in [1.54, 1.807) is 0 Å². The van der Waals surface area contributed by atoms with E-state index in [0.29, 0.717) is 18.8 Å². The first-order chi connectivity index (χ1) is 9.72. The van der Waals surface area contributed by atoms with Crippen LogP contribution in [0.3, 0.4) is 0 Å². The average Bonchev–Trinajstić information content (AvgIpc) is 2.79. The molecule has 0 aliphatic carbocycles. The fourth-order valence-corrected chi connectivity index (χ4v) is 2.42. The molecule has 1 saturated heterocycles. The molecule has 5 heteroatoms. The number of H-pyrrole nitrogens is 1. The van der Waals surface area contributed by atoms with Gasteiger partial charge in [-0.25, -0.2) is 4.98 Å². The van der Waals surface area contributed by atoms with Gasteiger partial charge in [-0.1, -0.05) is 12.1 Å². The molecule has 1 aliphatic heterocycles. The van der Waals surface area contributed by atoms with Crippen molar-refractivity contribution in [2.45, 2.75) is 19.8 Å². The van der Waals surface area contributed by atoms with Crippen LogP contribution in [0.4, 0.5) is 0 Å². The first-order valence-corrected chi connectivity index (χ1v) is 7.14. The van der Waals surface area contributed by atoms with Crippen molar-refractivity contribution >= 4 is 16.9 Å². The predicted octanol–water partition coefficient (Wildman–Crippen LogP) is 1.14. The number of aromatic nitrogens is 2. The molecule has 1 fully saturated rings. The van der Waals surface area contributed by atoms with Crippen molar-refractivity contribution in [1.82, 2.24) is 20.6 Å². The first kappa shape index (κ1) is 13.1. The molecule has 5 nitrogen and oxygen atoms in total. The van der Waals surface area contributed by atoms with E-state index in [2.05, 4.69) is 20.6 Å². The Balaban J connectivity index is 1.53. The summed E-state index contributed by atoms with van der Waals surface area (Å²) in [5, 5.41) is 6.18. The number of aryl methyl sites for hydroxylation is 2. The average molecular weight is 272 g/mol. The van der Waals surface area contributed by atoms with Gasteiger partial charge in [-0.15, -0.1) is 0 Å². The number of aromatic amines is 1. The molecule has 0 unspecified atom stereocenters. The van der Waals surface area contributed by atoms with Crippen LogP contribution in [-0.2, 0) is 11.2 Å². The van der Waals surface area contributed by atoms with Crippen LogP contribution in [0.1, 0.15) is 17.8 Å². The number of hydrogen-bond acceptors (Lipinski definition) is 3. The van der Waals surface area contributed by atoms with Crippen molar-refractivity contribution in [1.29, 1.82) is 0 Å². The summed E-state index contributed by atoms with van der Waals surface area (Å²) in [7, 11) is 0. The second-order valence-electron chi connectivity index (χ2n) is 5.48. The fraction of sp³-hybridized carbons (Fsp3) is 0.467. The van der Waals surface area contributed by atoms with E-state index in [-0.39, 0.29) is 5.91 Å². The van der Waals surface area contributed by atoms with Gasteiger partial charge < -0.3 is 15.6 Å². The predicted molar refractivity (Wildman–Crippen MR) is 78.5 cm³/mol. The molecule has 3 N–H and O–H groups in total. The highest BCUT2D eigenvalue weighted by molar-refractivity contribution is 5.79. The zero-order valence-electron chi connectivity index (χ0n) is 11.7. The number of hydrogen-bond donors (Lipinski definition) is 3. The lowest BCUT2D eigenvalue weighted by Crippen LogP contribution is -2.48. The third kappa shape index (κ3) is 2.82. The Morgan fingerprint density at radius 1 is 1.45 bits per heavy atom. The lowest BCUT2D eigenvalue weighted by molar-refractivity contribution is -0.121. The molecule has 1 aliphatic rings. The van der Waals surface area contributed by atoms with Crippen LogP contribution in [0.25, 0.3) is 11.0 Å². The Labute approximate surface area is 118 Å². The quantitative estimate of drug-likeness (QED) is 0.764. The molecule has 2 heterocycles. The number of amides is 1. The maximum Gasteiger partial charge on any atom is 0.220 e. The molecule has 0 saturated carbocycles. The van der Waals surface area contributed by atoms with Crippen LogP contribution in [0.5, 0.6) is 0 Å².